The van der Waals surface area contributed by atoms with Crippen molar-refractivity contribution in [3.63, 3.8) is 0 Å². The van der Waals surface area contributed by atoms with Crippen molar-refractivity contribution in [2.75, 3.05) is 23.9 Å². The van der Waals surface area contributed by atoms with Gasteiger partial charge in [-0.3, -0.25) is 4.98 Å². The van der Waals surface area contributed by atoms with Gasteiger partial charge in [-0.25, -0.2) is 4.39 Å². The lowest BCUT2D eigenvalue weighted by atomic mass is 10.0. The fourth-order valence-corrected chi connectivity index (χ4v) is 4.66. The highest BCUT2D eigenvalue weighted by atomic mass is 32.1. The summed E-state index contributed by atoms with van der Waals surface area (Å²) in [5, 5.41) is 4.04. The van der Waals surface area contributed by atoms with Crippen molar-refractivity contribution in [2.45, 2.75) is 12.1 Å². The van der Waals surface area contributed by atoms with Gasteiger partial charge in [0.25, 0.3) is 0 Å². The van der Waals surface area contributed by atoms with Gasteiger partial charge in [-0.15, -0.1) is 0 Å². The number of anilines is 2. The Labute approximate surface area is 198 Å². The van der Waals surface area contributed by atoms with Gasteiger partial charge in [0.05, 0.1) is 11.7 Å². The van der Waals surface area contributed by atoms with Crippen LogP contribution < -0.4 is 15.1 Å². The largest absolute Gasteiger partial charge is 0.378 e. The van der Waals surface area contributed by atoms with Gasteiger partial charge in [0.15, 0.2) is 5.11 Å². The van der Waals surface area contributed by atoms with Gasteiger partial charge in [0.2, 0.25) is 0 Å². The number of hydrogen-bond acceptors (Lipinski definition) is 3. The minimum absolute atomic E-state index is 0.168. The molecule has 2 unspecified atom stereocenters. The number of nitrogens with one attached hydrogen (secondary N) is 1. The van der Waals surface area contributed by atoms with Crippen molar-refractivity contribution in [1.29, 1.82) is 0 Å². The van der Waals surface area contributed by atoms with Gasteiger partial charge in [-0.05, 0) is 85.0 Å². The van der Waals surface area contributed by atoms with E-state index < -0.39 is 0 Å². The lowest BCUT2D eigenvalue weighted by Gasteiger charge is -2.29. The average Bonchev–Trinajstić information content (AvgIpc) is 3.44. The summed E-state index contributed by atoms with van der Waals surface area (Å²) in [6.07, 6.45) is 3.84. The van der Waals surface area contributed by atoms with E-state index in [1.807, 2.05) is 43.3 Å². The summed E-state index contributed by atoms with van der Waals surface area (Å²) >= 11 is 5.77. The van der Waals surface area contributed by atoms with Crippen LogP contribution in [0.5, 0.6) is 0 Å². The third-order valence-electron chi connectivity index (χ3n) is 5.93. The first kappa shape index (κ1) is 21.2. The molecule has 0 radical (unpaired) electrons. The highest BCUT2D eigenvalue weighted by Crippen LogP contribution is 2.42. The van der Waals surface area contributed by atoms with E-state index in [2.05, 4.69) is 56.3 Å². The van der Waals surface area contributed by atoms with Crippen LogP contribution in [0, 0.1) is 5.82 Å². The molecule has 7 heteroatoms. The molecule has 2 atom stereocenters. The first-order valence-electron chi connectivity index (χ1n) is 10.7. The summed E-state index contributed by atoms with van der Waals surface area (Å²) in [6, 6.07) is 24.5. The summed E-state index contributed by atoms with van der Waals surface area (Å²) in [6.45, 7) is 0. The van der Waals surface area contributed by atoms with Crippen molar-refractivity contribution in [1.82, 2.24) is 14.9 Å². The zero-order valence-corrected chi connectivity index (χ0v) is 19.2. The Morgan fingerprint density at radius 1 is 0.909 bits per heavy atom. The Bertz CT molecular complexity index is 1250. The van der Waals surface area contributed by atoms with Crippen LogP contribution in [0.4, 0.5) is 15.8 Å². The standard InChI is InChI=1S/C26H24FN5S/c1-30(2)19-12-14-20(15-13-19)31-17-5-7-23(31)25-24(22-6-3-4-16-28-22)29-26(33)32(25)21-10-8-18(27)9-11-21/h3-17,24-25H,1-2H3,(H,29,33). The molecule has 0 amide bonds. The third-order valence-corrected chi connectivity index (χ3v) is 6.25. The van der Waals surface area contributed by atoms with E-state index >= 15 is 0 Å². The molecular weight excluding hydrogens is 433 g/mol. The first-order valence-corrected chi connectivity index (χ1v) is 11.1. The van der Waals surface area contributed by atoms with Crippen LogP contribution in [0.2, 0.25) is 0 Å². The minimum Gasteiger partial charge on any atom is -0.378 e. The number of benzene rings is 2. The predicted molar refractivity (Wildman–Crippen MR) is 134 cm³/mol. The van der Waals surface area contributed by atoms with Crippen LogP contribution in [0.3, 0.4) is 0 Å². The van der Waals surface area contributed by atoms with E-state index in [-0.39, 0.29) is 17.9 Å². The van der Waals surface area contributed by atoms with Gasteiger partial charge in [0.1, 0.15) is 11.9 Å². The van der Waals surface area contributed by atoms with Crippen LogP contribution in [0.25, 0.3) is 5.69 Å². The monoisotopic (exact) mass is 457 g/mol. The zero-order chi connectivity index (χ0) is 22.9. The molecule has 0 bridgehead atoms. The molecule has 2 aromatic heterocycles. The maximum Gasteiger partial charge on any atom is 0.174 e. The molecule has 2 aromatic carbocycles. The summed E-state index contributed by atoms with van der Waals surface area (Å²) in [7, 11) is 4.05. The van der Waals surface area contributed by atoms with Crippen LogP contribution in [0.1, 0.15) is 23.5 Å². The van der Waals surface area contributed by atoms with Crippen molar-refractivity contribution in [2.24, 2.45) is 0 Å². The normalized spacial score (nSPS) is 17.8. The average molecular weight is 458 g/mol. The summed E-state index contributed by atoms with van der Waals surface area (Å²) in [5.41, 5.74) is 4.96. The molecule has 1 saturated heterocycles. The number of aromatic nitrogens is 2. The zero-order valence-electron chi connectivity index (χ0n) is 18.4. The van der Waals surface area contributed by atoms with Crippen LogP contribution >= 0.6 is 12.2 Å². The Hall–Kier alpha value is -3.71. The highest BCUT2D eigenvalue weighted by molar-refractivity contribution is 7.80. The number of thiocarbonyl (C=S) groups is 1. The molecule has 1 fully saturated rings. The number of rotatable bonds is 5. The van der Waals surface area contributed by atoms with Crippen molar-refractivity contribution in [3.8, 4) is 5.69 Å². The second kappa shape index (κ2) is 8.67. The van der Waals surface area contributed by atoms with Gasteiger partial charge < -0.3 is 19.7 Å². The third kappa shape index (κ3) is 3.96. The first-order chi connectivity index (χ1) is 16.0. The molecular formula is C26H24FN5S. The predicted octanol–water partition coefficient (Wildman–Crippen LogP) is 5.25. The molecule has 0 aliphatic carbocycles. The van der Waals surface area contributed by atoms with Crippen molar-refractivity contribution < 1.29 is 4.39 Å². The highest BCUT2D eigenvalue weighted by Gasteiger charge is 2.42. The van der Waals surface area contributed by atoms with Gasteiger partial charge >= 0.3 is 0 Å². The van der Waals surface area contributed by atoms with Crippen LogP contribution in [-0.4, -0.2) is 28.8 Å². The maximum atomic E-state index is 13.7. The maximum absolute atomic E-state index is 13.7. The van der Waals surface area contributed by atoms with Crippen LogP contribution in [0.15, 0.2) is 91.3 Å². The Morgan fingerprint density at radius 3 is 2.30 bits per heavy atom. The van der Waals surface area contributed by atoms with Gasteiger partial charge in [-0.1, -0.05) is 6.07 Å². The fraction of sp³-hybridized carbons (Fsp3) is 0.154. The second-order valence-corrected chi connectivity index (χ2v) is 8.57. The second-order valence-electron chi connectivity index (χ2n) is 8.19. The lowest BCUT2D eigenvalue weighted by Crippen LogP contribution is -2.30. The van der Waals surface area contributed by atoms with E-state index in [0.29, 0.717) is 5.11 Å². The van der Waals surface area contributed by atoms with Gasteiger partial charge in [0, 0.05) is 49.2 Å². The molecule has 33 heavy (non-hydrogen) atoms. The van der Waals surface area contributed by atoms with Crippen LogP contribution in [-0.2, 0) is 0 Å². The molecule has 1 aliphatic rings. The number of nitrogens with zero attached hydrogens (tertiary/aromatic N) is 4. The summed E-state index contributed by atoms with van der Waals surface area (Å²) in [5.74, 6) is -0.279. The molecule has 4 aromatic rings. The van der Waals surface area contributed by atoms with Crippen molar-refractivity contribution >= 4 is 28.7 Å². The quantitative estimate of drug-likeness (QED) is 0.414. The lowest BCUT2D eigenvalue weighted by molar-refractivity contribution is 0.549. The number of halogens is 1. The van der Waals surface area contributed by atoms with E-state index in [9.17, 15) is 4.39 Å². The van der Waals surface area contributed by atoms with Gasteiger partial charge in [-0.2, -0.15) is 0 Å². The summed E-state index contributed by atoms with van der Waals surface area (Å²) < 4.78 is 15.8. The smallest absolute Gasteiger partial charge is 0.174 e. The molecule has 1 N–H and O–H groups in total. The minimum atomic E-state index is -0.279. The Balaban J connectivity index is 1.63. The molecule has 3 heterocycles. The van der Waals surface area contributed by atoms with E-state index in [1.54, 1.807) is 18.3 Å². The van der Waals surface area contributed by atoms with Crippen molar-refractivity contribution in [3.05, 3.63) is 108 Å². The number of hydrogen-bond donors (Lipinski definition) is 1. The Kier molecular flexibility index (Phi) is 5.56. The summed E-state index contributed by atoms with van der Waals surface area (Å²) in [4.78, 5) is 8.73. The molecule has 1 aliphatic heterocycles. The Morgan fingerprint density at radius 2 is 1.64 bits per heavy atom. The topological polar surface area (TPSA) is 36.3 Å². The van der Waals surface area contributed by atoms with E-state index in [4.69, 9.17) is 12.2 Å². The molecule has 5 rings (SSSR count). The molecule has 0 saturated carbocycles. The van der Waals surface area contributed by atoms with E-state index in [1.165, 1.54) is 12.1 Å². The van der Waals surface area contributed by atoms with E-state index in [0.717, 1.165) is 28.5 Å². The fourth-order valence-electron chi connectivity index (χ4n) is 4.32. The SMILES string of the molecule is CN(C)c1ccc(-n2cccc2C2C(c3ccccn3)NC(=S)N2c2ccc(F)cc2)cc1. The number of pyridine rings is 1. The molecule has 0 spiro atoms. The molecule has 166 valence electrons. The molecule has 5 nitrogen and oxygen atoms in total.